The van der Waals surface area contributed by atoms with Gasteiger partial charge in [-0.05, 0) is 58.2 Å². The zero-order chi connectivity index (χ0) is 22.0. The second-order valence-electron chi connectivity index (χ2n) is 7.57. The number of carbonyl (C=O) groups excluding carboxylic acids is 3. The summed E-state index contributed by atoms with van der Waals surface area (Å²) in [5, 5.41) is 5.49. The highest BCUT2D eigenvalue weighted by Gasteiger charge is 2.24. The molecule has 0 fully saturated rings. The third-order valence-electron chi connectivity index (χ3n) is 4.81. The van der Waals surface area contributed by atoms with Crippen molar-refractivity contribution in [2.24, 2.45) is 0 Å². The maximum absolute atomic E-state index is 12.6. The summed E-state index contributed by atoms with van der Waals surface area (Å²) in [7, 11) is 0. The predicted molar refractivity (Wildman–Crippen MR) is 114 cm³/mol. The summed E-state index contributed by atoms with van der Waals surface area (Å²) in [6, 6.07) is 6.76. The molecule has 3 amide bonds. The Bertz CT molecular complexity index is 663. The van der Waals surface area contributed by atoms with Crippen LogP contribution in [-0.2, 0) is 16.1 Å². The first-order valence-corrected chi connectivity index (χ1v) is 10.3. The van der Waals surface area contributed by atoms with E-state index in [4.69, 9.17) is 4.74 Å². The number of nitrogens with zero attached hydrogens (tertiary/aromatic N) is 1. The van der Waals surface area contributed by atoms with Gasteiger partial charge in [-0.3, -0.25) is 4.79 Å². The van der Waals surface area contributed by atoms with Crippen LogP contribution < -0.4 is 10.6 Å². The van der Waals surface area contributed by atoms with Crippen molar-refractivity contribution >= 4 is 17.9 Å². The van der Waals surface area contributed by atoms with Crippen molar-refractivity contribution in [1.29, 1.82) is 0 Å². The molecule has 0 aromatic heterocycles. The average Bonchev–Trinajstić information content (AvgIpc) is 2.70. The standard InChI is InChI=1S/C22H35N3O4/c1-7-16(5)25(17(6)8-2)20(26)14-29-21(27)19-11-9-18(10-12-19)13-23-22(28)24-15(3)4/h9-12,15-17H,7-8,13-14H2,1-6H3,(H2,23,24,28)/t16-,17-/m0/s1. The van der Waals surface area contributed by atoms with E-state index in [9.17, 15) is 14.4 Å². The van der Waals surface area contributed by atoms with Crippen LogP contribution in [0.2, 0.25) is 0 Å². The van der Waals surface area contributed by atoms with E-state index in [-0.39, 0.29) is 36.7 Å². The van der Waals surface area contributed by atoms with Crippen molar-refractivity contribution in [1.82, 2.24) is 15.5 Å². The van der Waals surface area contributed by atoms with E-state index < -0.39 is 5.97 Å². The van der Waals surface area contributed by atoms with Crippen LogP contribution >= 0.6 is 0 Å². The van der Waals surface area contributed by atoms with Gasteiger partial charge in [-0.25, -0.2) is 9.59 Å². The van der Waals surface area contributed by atoms with Gasteiger partial charge in [-0.1, -0.05) is 26.0 Å². The molecule has 0 aliphatic rings. The van der Waals surface area contributed by atoms with Crippen LogP contribution in [0.5, 0.6) is 0 Å². The molecule has 0 saturated heterocycles. The lowest BCUT2D eigenvalue weighted by atomic mass is 10.1. The van der Waals surface area contributed by atoms with Crippen LogP contribution in [0.3, 0.4) is 0 Å². The Morgan fingerprint density at radius 1 is 0.966 bits per heavy atom. The van der Waals surface area contributed by atoms with Gasteiger partial charge in [0.15, 0.2) is 6.61 Å². The molecule has 0 spiro atoms. The fraction of sp³-hybridized carbons (Fsp3) is 0.591. The quantitative estimate of drug-likeness (QED) is 0.584. The van der Waals surface area contributed by atoms with Crippen LogP contribution in [0.15, 0.2) is 24.3 Å². The zero-order valence-electron chi connectivity index (χ0n) is 18.5. The van der Waals surface area contributed by atoms with Gasteiger partial charge in [-0.15, -0.1) is 0 Å². The van der Waals surface area contributed by atoms with Gasteiger partial charge in [0, 0.05) is 24.7 Å². The predicted octanol–water partition coefficient (Wildman–Crippen LogP) is 3.48. The molecule has 162 valence electrons. The second kappa shape index (κ2) is 12.1. The minimum Gasteiger partial charge on any atom is -0.452 e. The number of carbonyl (C=O) groups is 3. The maximum Gasteiger partial charge on any atom is 0.338 e. The molecule has 7 nitrogen and oxygen atoms in total. The Morgan fingerprint density at radius 3 is 2.00 bits per heavy atom. The Morgan fingerprint density at radius 2 is 1.52 bits per heavy atom. The van der Waals surface area contributed by atoms with Crippen LogP contribution in [0.1, 0.15) is 70.3 Å². The number of amides is 3. The molecule has 0 saturated carbocycles. The molecule has 7 heteroatoms. The summed E-state index contributed by atoms with van der Waals surface area (Å²) in [4.78, 5) is 38.2. The monoisotopic (exact) mass is 405 g/mol. The molecule has 2 N–H and O–H groups in total. The third-order valence-corrected chi connectivity index (χ3v) is 4.81. The minimum atomic E-state index is -0.538. The van der Waals surface area contributed by atoms with Gasteiger partial charge in [0.25, 0.3) is 5.91 Å². The number of urea groups is 1. The zero-order valence-corrected chi connectivity index (χ0v) is 18.5. The number of hydrogen-bond acceptors (Lipinski definition) is 4. The highest BCUT2D eigenvalue weighted by atomic mass is 16.5. The Balaban J connectivity index is 2.59. The number of esters is 1. The van der Waals surface area contributed by atoms with E-state index in [0.717, 1.165) is 18.4 Å². The van der Waals surface area contributed by atoms with Gasteiger partial charge >= 0.3 is 12.0 Å². The van der Waals surface area contributed by atoms with E-state index in [0.29, 0.717) is 12.1 Å². The first-order chi connectivity index (χ1) is 13.7. The summed E-state index contributed by atoms with van der Waals surface area (Å²) >= 11 is 0. The topological polar surface area (TPSA) is 87.7 Å². The van der Waals surface area contributed by atoms with E-state index >= 15 is 0 Å². The number of hydrogen-bond donors (Lipinski definition) is 2. The van der Waals surface area contributed by atoms with Crippen molar-refractivity contribution in [3.8, 4) is 0 Å². The van der Waals surface area contributed by atoms with E-state index in [1.807, 2.05) is 41.5 Å². The largest absolute Gasteiger partial charge is 0.452 e. The summed E-state index contributed by atoms with van der Waals surface area (Å²) in [5.74, 6) is -0.720. The summed E-state index contributed by atoms with van der Waals surface area (Å²) in [5.41, 5.74) is 1.23. The van der Waals surface area contributed by atoms with E-state index in [1.54, 1.807) is 29.2 Å². The Kier molecular flexibility index (Phi) is 10.2. The highest BCUT2D eigenvalue weighted by Crippen LogP contribution is 2.13. The first-order valence-electron chi connectivity index (χ1n) is 10.3. The van der Waals surface area contributed by atoms with Crippen LogP contribution in [0.4, 0.5) is 4.79 Å². The van der Waals surface area contributed by atoms with Gasteiger partial charge in [0.2, 0.25) is 0 Å². The number of ether oxygens (including phenoxy) is 1. The number of benzene rings is 1. The summed E-state index contributed by atoms with van der Waals surface area (Å²) in [6.07, 6.45) is 1.68. The SMILES string of the molecule is CC[C@H](C)N(C(=O)COC(=O)c1ccc(CNC(=O)NC(C)C)cc1)[C@@H](C)CC. The Hall–Kier alpha value is -2.57. The van der Waals surface area contributed by atoms with Crippen molar-refractivity contribution in [3.63, 3.8) is 0 Å². The molecule has 0 heterocycles. The van der Waals surface area contributed by atoms with E-state index in [1.165, 1.54) is 0 Å². The molecule has 1 aromatic carbocycles. The third kappa shape index (κ3) is 8.13. The molecule has 0 unspecified atom stereocenters. The molecule has 0 aliphatic heterocycles. The van der Waals surface area contributed by atoms with Crippen LogP contribution in [0, 0.1) is 0 Å². The first kappa shape index (κ1) is 24.5. The lowest BCUT2D eigenvalue weighted by Crippen LogP contribution is -2.46. The summed E-state index contributed by atoms with van der Waals surface area (Å²) < 4.78 is 5.23. The summed E-state index contributed by atoms with van der Waals surface area (Å²) in [6.45, 7) is 11.9. The molecular weight excluding hydrogens is 370 g/mol. The molecule has 1 rings (SSSR count). The van der Waals surface area contributed by atoms with E-state index in [2.05, 4.69) is 10.6 Å². The van der Waals surface area contributed by atoms with Gasteiger partial charge in [0.1, 0.15) is 0 Å². The lowest BCUT2D eigenvalue weighted by Gasteiger charge is -2.33. The van der Waals surface area contributed by atoms with Crippen LogP contribution in [-0.4, -0.2) is 47.5 Å². The van der Waals surface area contributed by atoms with Crippen molar-refractivity contribution < 1.29 is 19.1 Å². The molecular formula is C22H35N3O4. The number of nitrogens with one attached hydrogen (secondary N) is 2. The normalized spacial score (nSPS) is 12.8. The maximum atomic E-state index is 12.6. The molecule has 1 aromatic rings. The minimum absolute atomic E-state index is 0.0615. The lowest BCUT2D eigenvalue weighted by molar-refractivity contribution is -0.139. The fourth-order valence-corrected chi connectivity index (χ4v) is 2.86. The van der Waals surface area contributed by atoms with Crippen molar-refractivity contribution in [2.45, 2.75) is 79.1 Å². The smallest absolute Gasteiger partial charge is 0.338 e. The number of rotatable bonds is 10. The molecule has 2 atom stereocenters. The highest BCUT2D eigenvalue weighted by molar-refractivity contribution is 5.91. The Labute approximate surface area is 174 Å². The van der Waals surface area contributed by atoms with Gasteiger partial charge in [-0.2, -0.15) is 0 Å². The second-order valence-corrected chi connectivity index (χ2v) is 7.57. The molecule has 0 aliphatic carbocycles. The average molecular weight is 406 g/mol. The van der Waals surface area contributed by atoms with Gasteiger partial charge in [0.05, 0.1) is 5.56 Å². The van der Waals surface area contributed by atoms with Gasteiger partial charge < -0.3 is 20.3 Å². The van der Waals surface area contributed by atoms with Crippen molar-refractivity contribution in [3.05, 3.63) is 35.4 Å². The fourth-order valence-electron chi connectivity index (χ4n) is 2.86. The van der Waals surface area contributed by atoms with Crippen LogP contribution in [0.25, 0.3) is 0 Å². The molecule has 0 radical (unpaired) electrons. The molecule has 0 bridgehead atoms. The molecule has 29 heavy (non-hydrogen) atoms. The van der Waals surface area contributed by atoms with Crippen molar-refractivity contribution in [2.75, 3.05) is 6.61 Å².